The van der Waals surface area contributed by atoms with E-state index in [1.165, 1.54) is 21.3 Å². The number of nitrogens with two attached hydrogens (primary N) is 1. The summed E-state index contributed by atoms with van der Waals surface area (Å²) in [5, 5.41) is 2.24. The van der Waals surface area contributed by atoms with Gasteiger partial charge in [-0.1, -0.05) is 12.1 Å². The van der Waals surface area contributed by atoms with Crippen molar-refractivity contribution in [2.45, 2.75) is 68.6 Å². The van der Waals surface area contributed by atoms with Crippen LogP contribution in [0.5, 0.6) is 0 Å². The summed E-state index contributed by atoms with van der Waals surface area (Å²) in [5.74, 6) is -1.09. The molecule has 194 valence electrons. The first-order valence-electron chi connectivity index (χ1n) is 12.0. The molecule has 0 radical (unpaired) electrons. The van der Waals surface area contributed by atoms with Crippen molar-refractivity contribution in [3.8, 4) is 0 Å². The standard InChI is InChI=1S/C23H31F3N4O4S/c24-23(25,26)17-7-5-15(6-8-17)13-28-21(31)20-4-2-10-30(20)22(32)16-3-1-9-29(14-16)35(33,34)19-11-18(27)12-19/h5-8,16,18-20H,1-4,9-14,27H2,(H,28,31)/t16-,18?,19?,20+/m0/s1. The molecule has 2 saturated heterocycles. The quantitative estimate of drug-likeness (QED) is 0.599. The number of alkyl halides is 3. The van der Waals surface area contributed by atoms with E-state index in [0.29, 0.717) is 57.2 Å². The van der Waals surface area contributed by atoms with Gasteiger partial charge in [-0.25, -0.2) is 12.7 Å². The van der Waals surface area contributed by atoms with Crippen LogP contribution < -0.4 is 11.1 Å². The summed E-state index contributed by atoms with van der Waals surface area (Å²) >= 11 is 0. The van der Waals surface area contributed by atoms with Gasteiger partial charge < -0.3 is 16.0 Å². The fourth-order valence-electron chi connectivity index (χ4n) is 5.09. The molecule has 0 bridgehead atoms. The van der Waals surface area contributed by atoms with Crippen molar-refractivity contribution in [1.29, 1.82) is 0 Å². The normalized spacial score (nSPS) is 27.9. The molecule has 2 heterocycles. The summed E-state index contributed by atoms with van der Waals surface area (Å²) in [7, 11) is -3.50. The molecule has 4 rings (SSSR count). The van der Waals surface area contributed by atoms with Crippen molar-refractivity contribution in [2.75, 3.05) is 19.6 Å². The van der Waals surface area contributed by atoms with E-state index in [1.807, 2.05) is 0 Å². The topological polar surface area (TPSA) is 113 Å². The van der Waals surface area contributed by atoms with Crippen LogP contribution in [-0.2, 0) is 32.3 Å². The zero-order valence-electron chi connectivity index (χ0n) is 19.3. The van der Waals surface area contributed by atoms with Gasteiger partial charge in [0.2, 0.25) is 21.8 Å². The molecule has 1 aliphatic carbocycles. The zero-order chi connectivity index (χ0) is 25.4. The number of piperidine rings is 1. The maximum Gasteiger partial charge on any atom is 0.416 e. The van der Waals surface area contributed by atoms with Gasteiger partial charge in [0.15, 0.2) is 0 Å². The summed E-state index contributed by atoms with van der Waals surface area (Å²) in [4.78, 5) is 27.7. The minimum Gasteiger partial charge on any atom is -0.350 e. The lowest BCUT2D eigenvalue weighted by molar-refractivity contribution is -0.142. The fraction of sp³-hybridized carbons (Fsp3) is 0.652. The highest BCUT2D eigenvalue weighted by molar-refractivity contribution is 7.89. The first kappa shape index (κ1) is 25.9. The summed E-state index contributed by atoms with van der Waals surface area (Å²) in [5.41, 5.74) is 5.51. The Hall–Kier alpha value is -2.18. The Morgan fingerprint density at radius 1 is 1.06 bits per heavy atom. The molecule has 35 heavy (non-hydrogen) atoms. The van der Waals surface area contributed by atoms with E-state index >= 15 is 0 Å². The molecule has 8 nitrogen and oxygen atoms in total. The third-order valence-corrected chi connectivity index (χ3v) is 9.51. The van der Waals surface area contributed by atoms with Crippen molar-refractivity contribution in [1.82, 2.24) is 14.5 Å². The lowest BCUT2D eigenvalue weighted by Gasteiger charge is -2.39. The van der Waals surface area contributed by atoms with Crippen LogP contribution in [0.1, 0.15) is 49.7 Å². The smallest absolute Gasteiger partial charge is 0.350 e. The average molecular weight is 517 g/mol. The number of hydrogen-bond donors (Lipinski definition) is 2. The number of rotatable bonds is 6. The molecule has 3 N–H and O–H groups in total. The van der Waals surface area contributed by atoms with Crippen molar-refractivity contribution in [3.05, 3.63) is 35.4 Å². The third kappa shape index (κ3) is 5.64. The second-order valence-corrected chi connectivity index (χ2v) is 11.9. The highest BCUT2D eigenvalue weighted by Crippen LogP contribution is 2.32. The number of benzene rings is 1. The van der Waals surface area contributed by atoms with E-state index in [9.17, 15) is 31.2 Å². The Morgan fingerprint density at radius 2 is 1.71 bits per heavy atom. The van der Waals surface area contributed by atoms with Crippen molar-refractivity contribution >= 4 is 21.8 Å². The summed E-state index contributed by atoms with van der Waals surface area (Å²) in [6.45, 7) is 0.963. The second-order valence-electron chi connectivity index (χ2n) is 9.70. The Bertz CT molecular complexity index is 1040. The van der Waals surface area contributed by atoms with Crippen LogP contribution in [-0.4, -0.2) is 66.4 Å². The molecular formula is C23H31F3N4O4S. The van der Waals surface area contributed by atoms with E-state index in [0.717, 1.165) is 12.1 Å². The van der Waals surface area contributed by atoms with E-state index in [4.69, 9.17) is 5.73 Å². The minimum atomic E-state index is -4.43. The highest BCUT2D eigenvalue weighted by Gasteiger charge is 2.44. The number of carbonyl (C=O) groups excluding carboxylic acids is 2. The number of carbonyl (C=O) groups is 2. The minimum absolute atomic E-state index is 0.0501. The number of hydrogen-bond acceptors (Lipinski definition) is 5. The number of halogens is 3. The Morgan fingerprint density at radius 3 is 2.34 bits per heavy atom. The monoisotopic (exact) mass is 516 g/mol. The number of sulfonamides is 1. The molecule has 2 amide bonds. The summed E-state index contributed by atoms with van der Waals surface area (Å²) in [6, 6.07) is 3.79. The SMILES string of the molecule is NC1CC(S(=O)(=O)N2CCC[C@H](C(=O)N3CCC[C@@H]3C(=O)NCc3ccc(C(F)(F)F)cc3)C2)C1. The second kappa shape index (κ2) is 10.1. The van der Waals surface area contributed by atoms with E-state index < -0.39 is 39.0 Å². The first-order valence-corrected chi connectivity index (χ1v) is 13.5. The zero-order valence-corrected chi connectivity index (χ0v) is 20.2. The molecular weight excluding hydrogens is 485 g/mol. The van der Waals surface area contributed by atoms with Gasteiger partial charge in [-0.05, 0) is 56.2 Å². The van der Waals surface area contributed by atoms with Crippen LogP contribution in [0, 0.1) is 5.92 Å². The number of nitrogens with zero attached hydrogens (tertiary/aromatic N) is 2. The largest absolute Gasteiger partial charge is 0.416 e. The van der Waals surface area contributed by atoms with Gasteiger partial charge in [-0.2, -0.15) is 13.2 Å². The van der Waals surface area contributed by atoms with Gasteiger partial charge in [0.25, 0.3) is 0 Å². The summed E-state index contributed by atoms with van der Waals surface area (Å²) in [6.07, 6.45) is -1.28. The molecule has 2 aliphatic heterocycles. The van der Waals surface area contributed by atoms with Crippen LogP contribution in [0.15, 0.2) is 24.3 Å². The molecule has 3 aliphatic rings. The molecule has 12 heteroatoms. The number of likely N-dealkylation sites (tertiary alicyclic amines) is 1. The van der Waals surface area contributed by atoms with Crippen LogP contribution in [0.25, 0.3) is 0 Å². The van der Waals surface area contributed by atoms with Crippen molar-refractivity contribution in [3.63, 3.8) is 0 Å². The van der Waals surface area contributed by atoms with Crippen LogP contribution in [0.2, 0.25) is 0 Å². The molecule has 1 aromatic carbocycles. The van der Waals surface area contributed by atoms with Gasteiger partial charge in [-0.15, -0.1) is 0 Å². The maximum absolute atomic E-state index is 13.3. The molecule has 0 unspecified atom stereocenters. The summed E-state index contributed by atoms with van der Waals surface area (Å²) < 4.78 is 65.4. The average Bonchev–Trinajstić information content (AvgIpc) is 3.30. The predicted octanol–water partition coefficient (Wildman–Crippen LogP) is 1.84. The lowest BCUT2D eigenvalue weighted by Crippen LogP contribution is -2.55. The van der Waals surface area contributed by atoms with E-state index in [2.05, 4.69) is 5.32 Å². The number of amides is 2. The van der Waals surface area contributed by atoms with E-state index in [1.54, 1.807) is 0 Å². The van der Waals surface area contributed by atoms with Crippen LogP contribution >= 0.6 is 0 Å². The van der Waals surface area contributed by atoms with Crippen LogP contribution in [0.3, 0.4) is 0 Å². The van der Waals surface area contributed by atoms with Gasteiger partial charge >= 0.3 is 6.18 Å². The van der Waals surface area contributed by atoms with Crippen molar-refractivity contribution < 1.29 is 31.2 Å². The molecule has 3 fully saturated rings. The molecule has 0 aromatic heterocycles. The Kier molecular flexibility index (Phi) is 7.44. The molecule has 1 saturated carbocycles. The maximum atomic E-state index is 13.3. The van der Waals surface area contributed by atoms with Gasteiger partial charge in [0.1, 0.15) is 6.04 Å². The molecule has 1 aromatic rings. The van der Waals surface area contributed by atoms with Gasteiger partial charge in [-0.3, -0.25) is 9.59 Å². The highest BCUT2D eigenvalue weighted by atomic mass is 32.2. The lowest BCUT2D eigenvalue weighted by atomic mass is 9.93. The van der Waals surface area contributed by atoms with Crippen molar-refractivity contribution in [2.24, 2.45) is 11.7 Å². The molecule has 2 atom stereocenters. The van der Waals surface area contributed by atoms with Gasteiger partial charge in [0, 0.05) is 32.2 Å². The molecule has 0 spiro atoms. The van der Waals surface area contributed by atoms with Gasteiger partial charge in [0.05, 0.1) is 16.7 Å². The first-order chi connectivity index (χ1) is 16.5. The Labute approximate surface area is 203 Å². The number of nitrogens with one attached hydrogen (secondary N) is 1. The predicted molar refractivity (Wildman–Crippen MR) is 122 cm³/mol. The Balaban J connectivity index is 1.34. The fourth-order valence-corrected chi connectivity index (χ4v) is 7.27. The third-order valence-electron chi connectivity index (χ3n) is 7.23. The van der Waals surface area contributed by atoms with Crippen LogP contribution in [0.4, 0.5) is 13.2 Å². The van der Waals surface area contributed by atoms with E-state index in [-0.39, 0.29) is 30.9 Å².